The van der Waals surface area contributed by atoms with Gasteiger partial charge in [-0.05, 0) is 37.7 Å². The van der Waals surface area contributed by atoms with Crippen LogP contribution in [0.3, 0.4) is 0 Å². The van der Waals surface area contributed by atoms with Crippen molar-refractivity contribution in [1.82, 2.24) is 0 Å². The molecule has 2 heteroatoms. The topological polar surface area (TPSA) is 31.0 Å². The van der Waals surface area contributed by atoms with Crippen LogP contribution in [-0.2, 0) is 0 Å². The molecule has 0 atom stereocenters. The zero-order valence-corrected chi connectivity index (χ0v) is 12.9. The average molecular weight is 308 g/mol. The molecule has 0 heterocycles. The molecule has 0 aliphatic carbocycles. The molecule has 0 amide bonds. The molecule has 0 aromatic heterocycles. The summed E-state index contributed by atoms with van der Waals surface area (Å²) in [6.45, 7) is 0. The van der Waals surface area contributed by atoms with E-state index >= 15 is 0 Å². The fourth-order valence-electron chi connectivity index (χ4n) is 3.86. The van der Waals surface area contributed by atoms with Crippen LogP contribution in [0.25, 0.3) is 43.1 Å². The Morgan fingerprint density at radius 3 is 1.83 bits per heavy atom. The number of nitrogens with one attached hydrogen (secondary N) is 1. The molecule has 2 nitrogen and oxygen atoms in total. The van der Waals surface area contributed by atoms with E-state index in [-0.39, 0.29) is 0 Å². The molecule has 0 aliphatic heterocycles. The number of benzene rings is 5. The number of fused-ring (bicyclic) bond motifs is 8. The first-order chi connectivity index (χ1) is 11.9. The summed E-state index contributed by atoms with van der Waals surface area (Å²) >= 11 is 0. The van der Waals surface area contributed by atoms with Gasteiger partial charge in [-0.2, -0.15) is 0 Å². The Bertz CT molecular complexity index is 1240. The molecule has 0 saturated heterocycles. The molecule has 112 valence electrons. The van der Waals surface area contributed by atoms with E-state index in [1.54, 1.807) is 0 Å². The Kier molecular flexibility index (Phi) is 2.68. The zero-order chi connectivity index (χ0) is 16.1. The molecule has 0 unspecified atom stereocenters. The molecular formula is C22H14NO+. The fraction of sp³-hybridized carbons (Fsp3) is 0. The lowest BCUT2D eigenvalue weighted by Crippen LogP contribution is -2.55. The Morgan fingerprint density at radius 2 is 1.08 bits per heavy atom. The first-order valence-electron chi connectivity index (χ1n) is 8.01. The first kappa shape index (κ1) is 13.2. The van der Waals surface area contributed by atoms with Crippen molar-refractivity contribution in [3.05, 3.63) is 83.8 Å². The van der Waals surface area contributed by atoms with Gasteiger partial charge in [-0.25, -0.2) is 0 Å². The molecule has 0 aliphatic rings. The van der Waals surface area contributed by atoms with Crippen molar-refractivity contribution in [2.75, 3.05) is 0 Å². The minimum absolute atomic E-state index is 0.624. The lowest BCUT2D eigenvalue weighted by atomic mass is 9.90. The van der Waals surface area contributed by atoms with Gasteiger partial charge in [-0.3, -0.25) is 0 Å². The monoisotopic (exact) mass is 308 g/mol. The van der Waals surface area contributed by atoms with Crippen molar-refractivity contribution in [1.29, 1.82) is 0 Å². The average Bonchev–Trinajstić information content (AvgIpc) is 2.67. The van der Waals surface area contributed by atoms with Crippen molar-refractivity contribution in [2.45, 2.75) is 0 Å². The summed E-state index contributed by atoms with van der Waals surface area (Å²) in [5, 5.41) is 11.4. The molecule has 5 aromatic rings. The second-order valence-corrected chi connectivity index (χ2v) is 6.09. The van der Waals surface area contributed by atoms with E-state index in [9.17, 15) is 4.91 Å². The third-order valence-electron chi connectivity index (χ3n) is 4.86. The van der Waals surface area contributed by atoms with Crippen LogP contribution >= 0.6 is 0 Å². The zero-order valence-electron chi connectivity index (χ0n) is 12.9. The van der Waals surface area contributed by atoms with Gasteiger partial charge in [0.15, 0.2) is 0 Å². The standard InChI is InChI=1S/C22H13NO/c24-23-20-11-5-10-18-19-13-12-14-6-1-2-7-15(14)21(19)16-8-3-4-9-17(16)22(18)20/h1-13H/p+1. The van der Waals surface area contributed by atoms with Gasteiger partial charge in [0.2, 0.25) is 0 Å². The predicted octanol–water partition coefficient (Wildman–Crippen LogP) is 4.78. The van der Waals surface area contributed by atoms with Crippen molar-refractivity contribution in [3.63, 3.8) is 0 Å². The predicted molar refractivity (Wildman–Crippen MR) is 100 cm³/mol. The van der Waals surface area contributed by atoms with Gasteiger partial charge in [0, 0.05) is 16.2 Å². The van der Waals surface area contributed by atoms with E-state index in [0.717, 1.165) is 16.2 Å². The number of hydrogen-bond donors (Lipinski definition) is 1. The Labute approximate surface area is 138 Å². The van der Waals surface area contributed by atoms with E-state index < -0.39 is 0 Å². The SMILES string of the molecule is O=[NH+]c1cccc2c3ccc4ccccc4c3c3ccccc3c12. The van der Waals surface area contributed by atoms with Crippen molar-refractivity contribution >= 4 is 48.8 Å². The van der Waals surface area contributed by atoms with Crippen LogP contribution in [0.1, 0.15) is 0 Å². The van der Waals surface area contributed by atoms with E-state index in [1.807, 2.05) is 18.2 Å². The Morgan fingerprint density at radius 1 is 0.500 bits per heavy atom. The Hall–Kier alpha value is -3.26. The fourth-order valence-corrected chi connectivity index (χ4v) is 3.86. The van der Waals surface area contributed by atoms with Gasteiger partial charge in [-0.1, -0.05) is 72.8 Å². The molecule has 5 rings (SSSR count). The summed E-state index contributed by atoms with van der Waals surface area (Å²) in [7, 11) is 0. The van der Waals surface area contributed by atoms with Crippen LogP contribution in [0.15, 0.2) is 78.9 Å². The van der Waals surface area contributed by atoms with E-state index in [1.165, 1.54) is 26.9 Å². The summed E-state index contributed by atoms with van der Waals surface area (Å²) in [4.78, 5) is 11.5. The largest absolute Gasteiger partial charge is 0.261 e. The quantitative estimate of drug-likeness (QED) is 0.444. The van der Waals surface area contributed by atoms with Crippen molar-refractivity contribution < 1.29 is 5.18 Å². The van der Waals surface area contributed by atoms with E-state index in [0.29, 0.717) is 5.69 Å². The second-order valence-electron chi connectivity index (χ2n) is 6.09. The number of nitroso groups, excluding NO2 is 1. The summed E-state index contributed by atoms with van der Waals surface area (Å²) in [5.41, 5.74) is 0.624. The van der Waals surface area contributed by atoms with Gasteiger partial charge >= 0.3 is 0 Å². The molecule has 0 radical (unpaired) electrons. The Balaban J connectivity index is 2.23. The smallest absolute Gasteiger partial charge is 0.0616 e. The van der Waals surface area contributed by atoms with Gasteiger partial charge in [0.25, 0.3) is 5.69 Å². The summed E-state index contributed by atoms with van der Waals surface area (Å²) in [5.74, 6) is 0. The third kappa shape index (κ3) is 1.65. The van der Waals surface area contributed by atoms with E-state index in [2.05, 4.69) is 65.8 Å². The number of hydrogen-bond acceptors (Lipinski definition) is 1. The number of rotatable bonds is 1. The molecule has 0 bridgehead atoms. The maximum atomic E-state index is 11.5. The minimum Gasteiger partial charge on any atom is -0.0616 e. The van der Waals surface area contributed by atoms with Crippen LogP contribution in [0.5, 0.6) is 0 Å². The van der Waals surface area contributed by atoms with Gasteiger partial charge in [0.1, 0.15) is 0 Å². The van der Waals surface area contributed by atoms with Crippen LogP contribution in [-0.4, -0.2) is 0 Å². The molecule has 0 spiro atoms. The summed E-state index contributed by atoms with van der Waals surface area (Å²) < 4.78 is 0. The lowest BCUT2D eigenvalue weighted by Gasteiger charge is -2.12. The van der Waals surface area contributed by atoms with Crippen molar-refractivity contribution in [2.24, 2.45) is 0 Å². The highest BCUT2D eigenvalue weighted by Crippen LogP contribution is 2.40. The maximum absolute atomic E-state index is 11.5. The first-order valence-corrected chi connectivity index (χ1v) is 8.01. The summed E-state index contributed by atoms with van der Waals surface area (Å²) in [6, 6.07) is 27.0. The normalized spacial score (nSPS) is 11.5. The highest BCUT2D eigenvalue weighted by atomic mass is 16.3. The van der Waals surface area contributed by atoms with Gasteiger partial charge in [0.05, 0.1) is 5.39 Å². The molecule has 1 N–H and O–H groups in total. The molecule has 0 fully saturated rings. The third-order valence-corrected chi connectivity index (χ3v) is 4.86. The highest BCUT2D eigenvalue weighted by Gasteiger charge is 2.15. The molecule has 0 saturated carbocycles. The van der Waals surface area contributed by atoms with Crippen LogP contribution in [0, 0.1) is 4.91 Å². The van der Waals surface area contributed by atoms with Crippen LogP contribution in [0.2, 0.25) is 0 Å². The minimum atomic E-state index is 0.624. The lowest BCUT2D eigenvalue weighted by molar-refractivity contribution is -0.377. The second kappa shape index (κ2) is 4.87. The maximum Gasteiger partial charge on any atom is 0.261 e. The van der Waals surface area contributed by atoms with Crippen LogP contribution in [0.4, 0.5) is 5.69 Å². The van der Waals surface area contributed by atoms with Gasteiger partial charge < -0.3 is 0 Å². The van der Waals surface area contributed by atoms with E-state index in [4.69, 9.17) is 0 Å². The molecule has 24 heavy (non-hydrogen) atoms. The summed E-state index contributed by atoms with van der Waals surface area (Å²) in [6.07, 6.45) is 0. The van der Waals surface area contributed by atoms with Gasteiger partial charge in [-0.15, -0.1) is 0 Å². The van der Waals surface area contributed by atoms with Crippen LogP contribution < -0.4 is 5.18 Å². The van der Waals surface area contributed by atoms with Crippen molar-refractivity contribution in [3.8, 4) is 0 Å². The molecule has 5 aromatic carbocycles. The highest BCUT2D eigenvalue weighted by molar-refractivity contribution is 6.32. The molecular weight excluding hydrogens is 294 g/mol.